The molecule has 1 rings (SSSR count). The molecule has 4 nitrogen and oxygen atoms in total. The Morgan fingerprint density at radius 3 is 2.42 bits per heavy atom. The van der Waals surface area contributed by atoms with Gasteiger partial charge in [0.1, 0.15) is 0 Å². The molecule has 0 aliphatic heterocycles. The molecule has 1 aliphatic carbocycles. The van der Waals surface area contributed by atoms with Gasteiger partial charge in [-0.3, -0.25) is 0 Å². The van der Waals surface area contributed by atoms with Crippen molar-refractivity contribution < 1.29 is 8.42 Å². The third-order valence-corrected chi connectivity index (χ3v) is 6.75. The smallest absolute Gasteiger partial charge is 0.215 e. The summed E-state index contributed by atoms with van der Waals surface area (Å²) in [7, 11) is -3.18. The molecule has 0 heterocycles. The van der Waals surface area contributed by atoms with Crippen molar-refractivity contribution in [3.05, 3.63) is 0 Å². The van der Waals surface area contributed by atoms with Crippen LogP contribution in [0.1, 0.15) is 46.0 Å². The maximum atomic E-state index is 12.2. The van der Waals surface area contributed by atoms with E-state index in [0.29, 0.717) is 11.8 Å². The normalized spacial score (nSPS) is 26.3. The van der Waals surface area contributed by atoms with Crippen LogP contribution in [0.25, 0.3) is 0 Å². The molecule has 0 aromatic heterocycles. The summed E-state index contributed by atoms with van der Waals surface area (Å²) in [6.07, 6.45) is 7.35. The number of sulfonamides is 1. The van der Waals surface area contributed by atoms with Gasteiger partial charge in [-0.25, -0.2) is 13.1 Å². The molecule has 0 spiro atoms. The Kier molecular flexibility index (Phi) is 7.72. The molecule has 0 aromatic rings. The van der Waals surface area contributed by atoms with E-state index in [4.69, 9.17) is 0 Å². The highest BCUT2D eigenvalue weighted by atomic mass is 32.2. The first-order valence-electron chi connectivity index (χ1n) is 7.24. The highest BCUT2D eigenvalue weighted by Crippen LogP contribution is 2.27. The first-order chi connectivity index (χ1) is 8.99. The van der Waals surface area contributed by atoms with E-state index in [1.165, 1.54) is 0 Å². The van der Waals surface area contributed by atoms with Crippen molar-refractivity contribution >= 4 is 21.8 Å². The average molecular weight is 309 g/mol. The van der Waals surface area contributed by atoms with E-state index in [9.17, 15) is 8.42 Å². The minimum atomic E-state index is -3.18. The van der Waals surface area contributed by atoms with Gasteiger partial charge in [-0.2, -0.15) is 11.8 Å². The quantitative estimate of drug-likeness (QED) is 0.673. The van der Waals surface area contributed by atoms with Crippen molar-refractivity contribution in [1.29, 1.82) is 0 Å². The summed E-state index contributed by atoms with van der Waals surface area (Å²) in [6, 6.07) is 0.141. The van der Waals surface area contributed by atoms with E-state index in [0.717, 1.165) is 38.6 Å². The highest BCUT2D eigenvalue weighted by molar-refractivity contribution is 7.99. The van der Waals surface area contributed by atoms with Crippen LogP contribution in [0.15, 0.2) is 0 Å². The third-order valence-electron chi connectivity index (χ3n) is 3.73. The average Bonchev–Trinajstić information content (AvgIpc) is 2.39. The van der Waals surface area contributed by atoms with Crippen LogP contribution >= 0.6 is 11.8 Å². The van der Waals surface area contributed by atoms with Gasteiger partial charge < -0.3 is 5.32 Å². The number of hydrogen-bond donors (Lipinski definition) is 2. The Hall–Kier alpha value is 0.220. The van der Waals surface area contributed by atoms with Crippen LogP contribution in [0.4, 0.5) is 0 Å². The molecule has 0 radical (unpaired) electrons. The summed E-state index contributed by atoms with van der Waals surface area (Å²) in [5.74, 6) is 0. The molecule has 114 valence electrons. The monoisotopic (exact) mass is 308 g/mol. The molecule has 1 fully saturated rings. The van der Waals surface area contributed by atoms with Crippen LogP contribution in [-0.4, -0.2) is 44.3 Å². The van der Waals surface area contributed by atoms with Crippen molar-refractivity contribution in [2.24, 2.45) is 0 Å². The molecule has 0 bridgehead atoms. The molecule has 0 saturated heterocycles. The van der Waals surface area contributed by atoms with Crippen LogP contribution < -0.4 is 10.0 Å². The van der Waals surface area contributed by atoms with E-state index >= 15 is 0 Å². The van der Waals surface area contributed by atoms with Gasteiger partial charge >= 0.3 is 0 Å². The fourth-order valence-corrected chi connectivity index (χ4v) is 4.37. The second-order valence-electron chi connectivity index (χ2n) is 5.39. The Morgan fingerprint density at radius 1 is 1.26 bits per heavy atom. The summed E-state index contributed by atoms with van der Waals surface area (Å²) in [5.41, 5.74) is 0. The van der Waals surface area contributed by atoms with Gasteiger partial charge in [-0.1, -0.05) is 6.92 Å². The van der Waals surface area contributed by atoms with Gasteiger partial charge in [0.15, 0.2) is 0 Å². The molecule has 6 heteroatoms. The van der Waals surface area contributed by atoms with Crippen LogP contribution in [-0.2, 0) is 10.0 Å². The van der Waals surface area contributed by atoms with Crippen LogP contribution in [0.3, 0.4) is 0 Å². The second kappa shape index (κ2) is 8.49. The van der Waals surface area contributed by atoms with Crippen LogP contribution in [0.5, 0.6) is 0 Å². The van der Waals surface area contributed by atoms with Crippen LogP contribution in [0.2, 0.25) is 0 Å². The number of thioether (sulfide) groups is 1. The lowest BCUT2D eigenvalue weighted by molar-refractivity contribution is 0.417. The van der Waals surface area contributed by atoms with Gasteiger partial charge in [-0.05, 0) is 51.8 Å². The zero-order valence-electron chi connectivity index (χ0n) is 12.3. The topological polar surface area (TPSA) is 58.2 Å². The summed E-state index contributed by atoms with van der Waals surface area (Å²) < 4.78 is 27.3. The van der Waals surface area contributed by atoms with Crippen molar-refractivity contribution in [2.75, 3.05) is 19.3 Å². The van der Waals surface area contributed by atoms with E-state index < -0.39 is 10.0 Å². The van der Waals surface area contributed by atoms with E-state index in [1.54, 1.807) is 6.92 Å². The maximum Gasteiger partial charge on any atom is 0.215 e. The summed E-state index contributed by atoms with van der Waals surface area (Å²) in [4.78, 5) is 0. The van der Waals surface area contributed by atoms with Gasteiger partial charge in [0.05, 0.1) is 5.25 Å². The molecule has 0 amide bonds. The Bertz CT molecular complexity index is 339. The van der Waals surface area contributed by atoms with Gasteiger partial charge in [0, 0.05) is 17.8 Å². The maximum absolute atomic E-state index is 12.2. The van der Waals surface area contributed by atoms with Gasteiger partial charge in [0.25, 0.3) is 0 Å². The molecule has 1 saturated carbocycles. The van der Waals surface area contributed by atoms with E-state index in [2.05, 4.69) is 23.2 Å². The molecular formula is C13H28N2O2S2. The molecule has 0 aromatic carbocycles. The molecule has 2 N–H and O–H groups in total. The van der Waals surface area contributed by atoms with Crippen molar-refractivity contribution in [3.63, 3.8) is 0 Å². The first kappa shape index (κ1) is 17.3. The number of nitrogens with one attached hydrogen (secondary N) is 2. The predicted molar refractivity (Wildman–Crippen MR) is 84.2 cm³/mol. The Morgan fingerprint density at radius 2 is 1.89 bits per heavy atom. The largest absolute Gasteiger partial charge is 0.315 e. The summed E-state index contributed by atoms with van der Waals surface area (Å²) in [6.45, 7) is 5.26. The van der Waals surface area contributed by atoms with Crippen molar-refractivity contribution in [2.45, 2.75) is 62.5 Å². The number of rotatable bonds is 8. The van der Waals surface area contributed by atoms with E-state index in [-0.39, 0.29) is 11.3 Å². The fourth-order valence-electron chi connectivity index (χ4n) is 2.36. The molecule has 1 unspecified atom stereocenters. The first-order valence-corrected chi connectivity index (χ1v) is 10.1. The molecule has 1 atom stereocenters. The molecule has 1 aliphatic rings. The Balaban J connectivity index is 2.37. The summed E-state index contributed by atoms with van der Waals surface area (Å²) >= 11 is 1.90. The lowest BCUT2D eigenvalue weighted by Crippen LogP contribution is -2.45. The lowest BCUT2D eigenvalue weighted by atomic mass is 9.96. The van der Waals surface area contributed by atoms with Crippen LogP contribution in [0, 0.1) is 0 Å². The van der Waals surface area contributed by atoms with Gasteiger partial charge in [0.2, 0.25) is 10.0 Å². The van der Waals surface area contributed by atoms with Crippen molar-refractivity contribution in [3.8, 4) is 0 Å². The zero-order chi connectivity index (χ0) is 14.3. The minimum Gasteiger partial charge on any atom is -0.315 e. The summed E-state index contributed by atoms with van der Waals surface area (Å²) in [5, 5.41) is 3.52. The SMILES string of the molecule is CCCNCC(C)S(=O)(=O)NC1CCC(SC)CC1. The highest BCUT2D eigenvalue weighted by Gasteiger charge is 2.27. The zero-order valence-corrected chi connectivity index (χ0v) is 13.9. The standard InChI is InChI=1S/C13H28N2O2S2/c1-4-9-14-10-11(2)19(16,17)15-12-5-7-13(18-3)8-6-12/h11-15H,4-10H2,1-3H3. The van der Waals surface area contributed by atoms with E-state index in [1.807, 2.05) is 11.8 Å². The Labute approximate surface area is 122 Å². The second-order valence-corrected chi connectivity index (χ2v) is 8.66. The minimum absolute atomic E-state index is 0.141. The molecule has 19 heavy (non-hydrogen) atoms. The predicted octanol–water partition coefficient (Wildman–Crippen LogP) is 1.97. The van der Waals surface area contributed by atoms with Crippen molar-refractivity contribution in [1.82, 2.24) is 10.0 Å². The molecular weight excluding hydrogens is 280 g/mol. The number of hydrogen-bond acceptors (Lipinski definition) is 4. The fraction of sp³-hybridized carbons (Fsp3) is 1.00. The lowest BCUT2D eigenvalue weighted by Gasteiger charge is -2.29. The third kappa shape index (κ3) is 6.02. The van der Waals surface area contributed by atoms with Gasteiger partial charge in [-0.15, -0.1) is 0 Å².